The summed E-state index contributed by atoms with van der Waals surface area (Å²) in [5.74, 6) is 0.383. The van der Waals surface area contributed by atoms with E-state index >= 15 is 0 Å². The lowest BCUT2D eigenvalue weighted by Crippen LogP contribution is -2.66. The maximum atomic E-state index is 12.1. The highest BCUT2D eigenvalue weighted by Gasteiger charge is 2.78. The molecule has 4 bridgehead atoms. The normalized spacial score (nSPS) is 63.9. The molecule has 2 N–H and O–H groups in total. The summed E-state index contributed by atoms with van der Waals surface area (Å²) in [5, 5.41) is 21.2. The van der Waals surface area contributed by atoms with Crippen LogP contribution in [0.1, 0.15) is 65.7 Å². The van der Waals surface area contributed by atoms with Gasteiger partial charge in [-0.05, 0) is 75.5 Å². The van der Waals surface area contributed by atoms with Crippen molar-refractivity contribution < 1.29 is 19.7 Å². The van der Waals surface area contributed by atoms with E-state index in [-0.39, 0.29) is 34.6 Å². The van der Waals surface area contributed by atoms with Crippen molar-refractivity contribution in [1.29, 1.82) is 0 Å². The number of aliphatic hydroxyl groups is 1. The van der Waals surface area contributed by atoms with Crippen LogP contribution in [0.4, 0.5) is 0 Å². The van der Waals surface area contributed by atoms with E-state index in [1.165, 1.54) is 0 Å². The molecule has 0 amide bonds. The molecule has 4 heteroatoms. The van der Waals surface area contributed by atoms with E-state index in [9.17, 15) is 15.0 Å². The van der Waals surface area contributed by atoms with Gasteiger partial charge in [0.05, 0.1) is 23.2 Å². The fourth-order valence-corrected chi connectivity index (χ4v) is 8.65. The zero-order valence-corrected chi connectivity index (χ0v) is 15.0. The Morgan fingerprint density at radius 2 is 1.92 bits per heavy atom. The van der Waals surface area contributed by atoms with E-state index in [1.54, 1.807) is 0 Å². The lowest BCUT2D eigenvalue weighted by atomic mass is 9.40. The zero-order valence-electron chi connectivity index (χ0n) is 15.0. The highest BCUT2D eigenvalue weighted by molar-refractivity contribution is 5.75. The van der Waals surface area contributed by atoms with Crippen LogP contribution >= 0.6 is 0 Å². The van der Waals surface area contributed by atoms with Crippen molar-refractivity contribution in [1.82, 2.24) is 0 Å². The largest absolute Gasteiger partial charge is 0.481 e. The monoisotopic (exact) mass is 334 g/mol. The molecule has 0 aromatic rings. The number of hydrogen-bond donors (Lipinski definition) is 2. The molecular weight excluding hydrogens is 304 g/mol. The Hall–Kier alpha value is -0.610. The maximum absolute atomic E-state index is 12.1. The van der Waals surface area contributed by atoms with Gasteiger partial charge in [-0.3, -0.25) is 4.79 Å². The minimum Gasteiger partial charge on any atom is -0.481 e. The van der Waals surface area contributed by atoms with E-state index in [4.69, 9.17) is 4.74 Å². The zero-order chi connectivity index (χ0) is 17.1. The predicted molar refractivity (Wildman–Crippen MR) is 88.4 cm³/mol. The highest BCUT2D eigenvalue weighted by Crippen LogP contribution is 2.76. The summed E-state index contributed by atoms with van der Waals surface area (Å²) in [6.45, 7) is 6.41. The third-order valence-corrected chi connectivity index (χ3v) is 9.51. The molecule has 1 unspecified atom stereocenters. The Kier molecular flexibility index (Phi) is 2.73. The number of fused-ring (bicyclic) bond motifs is 1. The number of carboxylic acid groups (broad SMARTS) is 1. The Labute approximate surface area is 144 Å². The number of rotatable bonds is 1. The average Bonchev–Trinajstić information content (AvgIpc) is 2.84. The smallest absolute Gasteiger partial charge is 0.309 e. The van der Waals surface area contributed by atoms with Crippen LogP contribution in [0, 0.1) is 34.0 Å². The number of carboxylic acids is 1. The molecule has 2 saturated heterocycles. The molecule has 4 nitrogen and oxygen atoms in total. The van der Waals surface area contributed by atoms with Crippen LogP contribution in [0.3, 0.4) is 0 Å². The van der Waals surface area contributed by atoms with Crippen molar-refractivity contribution in [3.05, 3.63) is 0 Å². The summed E-state index contributed by atoms with van der Waals surface area (Å²) in [6.07, 6.45) is 6.76. The van der Waals surface area contributed by atoms with Crippen LogP contribution in [0.2, 0.25) is 0 Å². The molecule has 4 saturated carbocycles. The summed E-state index contributed by atoms with van der Waals surface area (Å²) in [6, 6.07) is 0. The van der Waals surface area contributed by atoms with Crippen molar-refractivity contribution >= 4 is 5.97 Å². The molecule has 0 aromatic carbocycles. The first-order valence-corrected chi connectivity index (χ1v) is 9.78. The van der Waals surface area contributed by atoms with Gasteiger partial charge in [0.15, 0.2) is 0 Å². The van der Waals surface area contributed by atoms with E-state index in [2.05, 4.69) is 13.8 Å². The third kappa shape index (κ3) is 1.41. The summed E-state index contributed by atoms with van der Waals surface area (Å²) < 4.78 is 6.46. The minimum atomic E-state index is -0.630. The molecule has 134 valence electrons. The predicted octanol–water partition coefficient (Wildman–Crippen LogP) is 3.22. The van der Waals surface area contributed by atoms with Gasteiger partial charge in [0.25, 0.3) is 0 Å². The van der Waals surface area contributed by atoms with Gasteiger partial charge in [-0.15, -0.1) is 0 Å². The van der Waals surface area contributed by atoms with Gasteiger partial charge in [-0.2, -0.15) is 0 Å². The second kappa shape index (κ2) is 4.20. The lowest BCUT2D eigenvalue weighted by Gasteiger charge is -2.66. The Morgan fingerprint density at radius 1 is 1.17 bits per heavy atom. The maximum Gasteiger partial charge on any atom is 0.309 e. The first kappa shape index (κ1) is 15.6. The topological polar surface area (TPSA) is 66.8 Å². The fourth-order valence-electron chi connectivity index (χ4n) is 8.65. The lowest BCUT2D eigenvalue weighted by molar-refractivity contribution is -0.271. The number of aliphatic carboxylic acids is 1. The number of hydrogen-bond acceptors (Lipinski definition) is 3. The van der Waals surface area contributed by atoms with Gasteiger partial charge in [0, 0.05) is 5.41 Å². The Balaban J connectivity index is 1.63. The third-order valence-electron chi connectivity index (χ3n) is 9.51. The highest BCUT2D eigenvalue weighted by atomic mass is 16.5. The number of carbonyl (C=O) groups is 1. The SMILES string of the molecule is C[C@@]12CCC[C@@](C)(C(=O)O)[C@H]1CC[C@]13CC4C[C@H](O[C@@]4(C)[C@H]1O)[C@@H]23. The van der Waals surface area contributed by atoms with Crippen LogP contribution in [-0.2, 0) is 9.53 Å². The van der Waals surface area contributed by atoms with Crippen LogP contribution < -0.4 is 0 Å². The van der Waals surface area contributed by atoms with Crippen molar-refractivity contribution in [3.63, 3.8) is 0 Å². The first-order chi connectivity index (χ1) is 11.2. The Morgan fingerprint density at radius 3 is 2.58 bits per heavy atom. The van der Waals surface area contributed by atoms with E-state index in [1.807, 2.05) is 6.92 Å². The quantitative estimate of drug-likeness (QED) is 0.773. The van der Waals surface area contributed by atoms with E-state index in [0.717, 1.165) is 44.9 Å². The van der Waals surface area contributed by atoms with Gasteiger partial charge < -0.3 is 14.9 Å². The van der Waals surface area contributed by atoms with Gasteiger partial charge >= 0.3 is 5.97 Å². The van der Waals surface area contributed by atoms with Gasteiger partial charge in [0.2, 0.25) is 0 Å². The molecule has 6 fully saturated rings. The van der Waals surface area contributed by atoms with Crippen LogP contribution in [-0.4, -0.2) is 34.0 Å². The van der Waals surface area contributed by atoms with Crippen LogP contribution in [0.15, 0.2) is 0 Å². The van der Waals surface area contributed by atoms with Gasteiger partial charge in [0.1, 0.15) is 0 Å². The fraction of sp³-hybridized carbons (Fsp3) is 0.950. The minimum absolute atomic E-state index is 0.0219. The van der Waals surface area contributed by atoms with Crippen LogP contribution in [0.25, 0.3) is 0 Å². The van der Waals surface area contributed by atoms with Crippen molar-refractivity contribution in [3.8, 4) is 0 Å². The molecular formula is C20H30O4. The molecule has 0 aromatic heterocycles. The number of ether oxygens (including phenoxy) is 1. The molecule has 6 rings (SSSR count). The van der Waals surface area contributed by atoms with E-state index < -0.39 is 11.4 Å². The molecule has 1 spiro atoms. The van der Waals surface area contributed by atoms with Gasteiger partial charge in [-0.25, -0.2) is 0 Å². The second-order valence-electron chi connectivity index (χ2n) is 10.3. The van der Waals surface area contributed by atoms with Crippen LogP contribution in [0.5, 0.6) is 0 Å². The van der Waals surface area contributed by atoms with Gasteiger partial charge in [-0.1, -0.05) is 13.3 Å². The molecule has 2 heterocycles. The van der Waals surface area contributed by atoms with Crippen molar-refractivity contribution in [2.45, 2.75) is 83.5 Å². The van der Waals surface area contributed by atoms with Crippen molar-refractivity contribution in [2.24, 2.45) is 34.0 Å². The van der Waals surface area contributed by atoms with Crippen molar-refractivity contribution in [2.75, 3.05) is 0 Å². The molecule has 2 aliphatic heterocycles. The summed E-state index contributed by atoms with van der Waals surface area (Å²) >= 11 is 0. The Bertz CT molecular complexity index is 619. The average molecular weight is 334 g/mol. The summed E-state index contributed by atoms with van der Waals surface area (Å²) in [7, 11) is 0. The molecule has 24 heavy (non-hydrogen) atoms. The molecule has 0 radical (unpaired) electrons. The molecule has 9 atom stereocenters. The summed E-state index contributed by atoms with van der Waals surface area (Å²) in [5.41, 5.74) is -1.02. The summed E-state index contributed by atoms with van der Waals surface area (Å²) in [4.78, 5) is 12.1. The first-order valence-electron chi connectivity index (χ1n) is 9.78. The van der Waals surface area contributed by atoms with E-state index in [0.29, 0.717) is 11.8 Å². The molecule has 6 aliphatic rings. The number of aliphatic hydroxyl groups excluding tert-OH is 1. The second-order valence-corrected chi connectivity index (χ2v) is 10.3. The standard InChI is InChI=1S/C20H30O4/c1-17-6-4-7-18(2,16(22)23)13(17)5-8-20-10-11-9-12(14(17)20)24-19(11,3)15(20)21/h11-15,21H,4-10H2,1-3H3,(H,22,23)/t11?,12-,13-,14-,15+,17+,18+,19+,20+/m0/s1. The molecule has 4 aliphatic carbocycles.